The maximum absolute atomic E-state index is 12.3. The van der Waals surface area contributed by atoms with E-state index < -0.39 is 11.7 Å². The molecule has 0 saturated carbocycles. The van der Waals surface area contributed by atoms with Crippen LogP contribution in [0.3, 0.4) is 0 Å². The number of rotatable bonds is 8. The molecule has 0 atom stereocenters. The highest BCUT2D eigenvalue weighted by molar-refractivity contribution is 5.97. The van der Waals surface area contributed by atoms with E-state index >= 15 is 0 Å². The fourth-order valence-electron chi connectivity index (χ4n) is 4.21. The van der Waals surface area contributed by atoms with Crippen LogP contribution in [0, 0.1) is 0 Å². The predicted octanol–water partition coefficient (Wildman–Crippen LogP) is 7.14. The molecule has 1 amide bonds. The van der Waals surface area contributed by atoms with Crippen LogP contribution in [0.15, 0.2) is 91.0 Å². The molecule has 40 heavy (non-hydrogen) atoms. The van der Waals surface area contributed by atoms with Crippen LogP contribution in [-0.4, -0.2) is 26.5 Å². The number of aromatic nitrogens is 3. The standard InChI is InChI=1S/C32H32N4O4/c1-32(2,3)40-31(37)33-24-15-16-25-27(19-24)36(4)35-29(25)26-17-18-28(38-20-22-11-7-5-8-12-22)34-30(26)39-21-23-13-9-6-10-14-23/h5-19H,20-21H2,1-4H3,(H,33,37). The summed E-state index contributed by atoms with van der Waals surface area (Å²) in [6, 6.07) is 29.2. The number of nitrogens with one attached hydrogen (secondary N) is 1. The highest BCUT2D eigenvalue weighted by atomic mass is 16.6. The zero-order valence-electron chi connectivity index (χ0n) is 23.0. The third-order valence-electron chi connectivity index (χ3n) is 6.03. The molecule has 3 aromatic carbocycles. The van der Waals surface area contributed by atoms with Crippen LogP contribution in [0.25, 0.3) is 22.2 Å². The van der Waals surface area contributed by atoms with Gasteiger partial charge < -0.3 is 14.2 Å². The number of hydrogen-bond donors (Lipinski definition) is 1. The van der Waals surface area contributed by atoms with Gasteiger partial charge >= 0.3 is 6.09 Å². The molecule has 2 aromatic heterocycles. The number of carbonyl (C=O) groups excluding carboxylic acids is 1. The zero-order chi connectivity index (χ0) is 28.1. The minimum absolute atomic E-state index is 0.345. The molecule has 8 nitrogen and oxygen atoms in total. The lowest BCUT2D eigenvalue weighted by Gasteiger charge is -2.19. The van der Waals surface area contributed by atoms with Crippen LogP contribution in [0.4, 0.5) is 10.5 Å². The van der Waals surface area contributed by atoms with E-state index in [0.29, 0.717) is 36.4 Å². The molecule has 0 fully saturated rings. The Morgan fingerprint density at radius 2 is 1.50 bits per heavy atom. The lowest BCUT2D eigenvalue weighted by molar-refractivity contribution is 0.0636. The molecular formula is C32H32N4O4. The van der Waals surface area contributed by atoms with E-state index in [1.807, 2.05) is 119 Å². The number of nitrogens with zero attached hydrogens (tertiary/aromatic N) is 3. The summed E-state index contributed by atoms with van der Waals surface area (Å²) in [6.45, 7) is 6.22. The van der Waals surface area contributed by atoms with Gasteiger partial charge in [0.25, 0.3) is 0 Å². The maximum Gasteiger partial charge on any atom is 0.412 e. The molecule has 2 heterocycles. The summed E-state index contributed by atoms with van der Waals surface area (Å²) in [6.07, 6.45) is -0.513. The molecule has 0 unspecified atom stereocenters. The number of amides is 1. The second-order valence-electron chi connectivity index (χ2n) is 10.4. The first-order valence-electron chi connectivity index (χ1n) is 13.1. The van der Waals surface area contributed by atoms with Crippen molar-refractivity contribution in [2.24, 2.45) is 7.05 Å². The summed E-state index contributed by atoms with van der Waals surface area (Å²) < 4.78 is 19.4. The van der Waals surface area contributed by atoms with Crippen LogP contribution < -0.4 is 14.8 Å². The van der Waals surface area contributed by atoms with E-state index in [9.17, 15) is 4.79 Å². The fourth-order valence-corrected chi connectivity index (χ4v) is 4.21. The molecule has 1 N–H and O–H groups in total. The third-order valence-corrected chi connectivity index (χ3v) is 6.03. The summed E-state index contributed by atoms with van der Waals surface area (Å²) in [7, 11) is 1.86. The van der Waals surface area contributed by atoms with Gasteiger partial charge in [-0.1, -0.05) is 60.7 Å². The molecular weight excluding hydrogens is 504 g/mol. The van der Waals surface area contributed by atoms with Gasteiger partial charge in [-0.2, -0.15) is 10.1 Å². The van der Waals surface area contributed by atoms with E-state index in [-0.39, 0.29) is 0 Å². The quantitative estimate of drug-likeness (QED) is 0.227. The number of benzene rings is 3. The number of aryl methyl sites for hydroxylation is 1. The number of pyridine rings is 1. The first-order valence-corrected chi connectivity index (χ1v) is 13.1. The Kier molecular flexibility index (Phi) is 7.68. The van der Waals surface area contributed by atoms with Crippen molar-refractivity contribution < 1.29 is 19.0 Å². The van der Waals surface area contributed by atoms with Gasteiger partial charge in [0.15, 0.2) is 0 Å². The van der Waals surface area contributed by atoms with Gasteiger partial charge in [0, 0.05) is 24.2 Å². The van der Waals surface area contributed by atoms with Gasteiger partial charge in [-0.3, -0.25) is 10.00 Å². The molecule has 0 bridgehead atoms. The summed E-state index contributed by atoms with van der Waals surface area (Å²) in [4.78, 5) is 17.0. The highest BCUT2D eigenvalue weighted by Crippen LogP contribution is 2.36. The molecule has 0 aliphatic carbocycles. The Labute approximate surface area is 233 Å². The Hall–Kier alpha value is -4.85. The van der Waals surface area contributed by atoms with Crippen molar-refractivity contribution in [3.8, 4) is 23.0 Å². The molecule has 204 valence electrons. The minimum Gasteiger partial charge on any atom is -0.473 e. The van der Waals surface area contributed by atoms with Crippen LogP contribution >= 0.6 is 0 Å². The predicted molar refractivity (Wildman–Crippen MR) is 155 cm³/mol. The van der Waals surface area contributed by atoms with Crippen molar-refractivity contribution in [2.45, 2.75) is 39.6 Å². The van der Waals surface area contributed by atoms with Crippen LogP contribution in [0.1, 0.15) is 31.9 Å². The fraction of sp³-hybridized carbons (Fsp3) is 0.219. The Morgan fingerprint density at radius 3 is 2.15 bits per heavy atom. The van der Waals surface area contributed by atoms with E-state index in [1.54, 1.807) is 4.68 Å². The first kappa shape index (κ1) is 26.7. The number of ether oxygens (including phenoxy) is 3. The SMILES string of the molecule is Cn1nc(-c2ccc(OCc3ccccc3)nc2OCc2ccccc2)c2ccc(NC(=O)OC(C)(C)C)cc21. The summed E-state index contributed by atoms with van der Waals surface area (Å²) in [5, 5.41) is 8.48. The molecule has 5 aromatic rings. The zero-order valence-corrected chi connectivity index (χ0v) is 23.0. The molecule has 0 aliphatic heterocycles. The normalized spacial score (nSPS) is 11.3. The number of anilines is 1. The summed E-state index contributed by atoms with van der Waals surface area (Å²) >= 11 is 0. The van der Waals surface area contributed by atoms with Gasteiger partial charge in [-0.15, -0.1) is 0 Å². The molecule has 0 spiro atoms. The topological polar surface area (TPSA) is 87.5 Å². The van der Waals surface area contributed by atoms with Gasteiger partial charge in [0.05, 0.1) is 11.1 Å². The Bertz CT molecular complexity index is 1610. The average Bonchev–Trinajstić information content (AvgIpc) is 3.26. The van der Waals surface area contributed by atoms with Crippen molar-refractivity contribution in [3.05, 3.63) is 102 Å². The van der Waals surface area contributed by atoms with E-state index in [4.69, 9.17) is 24.3 Å². The molecule has 0 saturated heterocycles. The maximum atomic E-state index is 12.3. The number of hydrogen-bond acceptors (Lipinski definition) is 6. The van der Waals surface area contributed by atoms with Gasteiger partial charge in [0.1, 0.15) is 24.5 Å². The van der Waals surface area contributed by atoms with Crippen LogP contribution in [0.5, 0.6) is 11.8 Å². The van der Waals surface area contributed by atoms with E-state index in [0.717, 1.165) is 27.6 Å². The van der Waals surface area contributed by atoms with Crippen molar-refractivity contribution in [1.29, 1.82) is 0 Å². The second kappa shape index (κ2) is 11.5. The van der Waals surface area contributed by atoms with Gasteiger partial charge in [-0.05, 0) is 56.2 Å². The molecule has 5 rings (SSSR count). The lowest BCUT2D eigenvalue weighted by Crippen LogP contribution is -2.27. The number of fused-ring (bicyclic) bond motifs is 1. The number of carbonyl (C=O) groups is 1. The first-order chi connectivity index (χ1) is 19.2. The van der Waals surface area contributed by atoms with E-state index in [1.165, 1.54) is 0 Å². The van der Waals surface area contributed by atoms with Gasteiger partial charge in [0.2, 0.25) is 11.8 Å². The summed E-state index contributed by atoms with van der Waals surface area (Å²) in [5.74, 6) is 0.880. The average molecular weight is 537 g/mol. The Morgan fingerprint density at radius 1 is 0.850 bits per heavy atom. The monoisotopic (exact) mass is 536 g/mol. The highest BCUT2D eigenvalue weighted by Gasteiger charge is 2.20. The van der Waals surface area contributed by atoms with Crippen LogP contribution in [-0.2, 0) is 25.0 Å². The van der Waals surface area contributed by atoms with Gasteiger partial charge in [-0.25, -0.2) is 4.79 Å². The smallest absolute Gasteiger partial charge is 0.412 e. The van der Waals surface area contributed by atoms with Crippen molar-refractivity contribution in [1.82, 2.24) is 14.8 Å². The largest absolute Gasteiger partial charge is 0.473 e. The molecule has 8 heteroatoms. The summed E-state index contributed by atoms with van der Waals surface area (Å²) in [5.41, 5.74) is 4.38. The lowest BCUT2D eigenvalue weighted by atomic mass is 10.1. The second-order valence-corrected chi connectivity index (χ2v) is 10.4. The molecule has 0 radical (unpaired) electrons. The van der Waals surface area contributed by atoms with Crippen molar-refractivity contribution in [3.63, 3.8) is 0 Å². The van der Waals surface area contributed by atoms with Crippen molar-refractivity contribution in [2.75, 3.05) is 5.32 Å². The molecule has 0 aliphatic rings. The Balaban J connectivity index is 1.45. The van der Waals surface area contributed by atoms with E-state index in [2.05, 4.69) is 5.32 Å². The third kappa shape index (κ3) is 6.58. The van der Waals surface area contributed by atoms with Crippen LogP contribution in [0.2, 0.25) is 0 Å². The van der Waals surface area contributed by atoms with Crippen molar-refractivity contribution >= 4 is 22.7 Å². The minimum atomic E-state index is -0.589.